The Morgan fingerprint density at radius 2 is 1.06 bits per heavy atom. The minimum absolute atomic E-state index is 0.424. The van der Waals surface area contributed by atoms with Crippen LogP contribution in [0.15, 0.2) is 0 Å². The number of rotatable bonds is 9. The van der Waals surface area contributed by atoms with Crippen molar-refractivity contribution in [3.8, 4) is 0 Å². The maximum Gasteiger partial charge on any atom is 0.111 e. The zero-order valence-electron chi connectivity index (χ0n) is 11.9. The monoisotopic (exact) mass is 262 g/mol. The molecule has 0 aliphatic heterocycles. The summed E-state index contributed by atoms with van der Waals surface area (Å²) >= 11 is 0. The number of nitrogens with two attached hydrogens (primary N) is 2. The number of hydrogen-bond donors (Lipinski definition) is 6. The standard InChI is InChI=1S/C12H30N4O2/c1-7(2)5-15-11(13)9(17)10(18)12(14)16-6-8(3)4/h7-12,15-18H,5-6,13-14H2,1-4H3. The lowest BCUT2D eigenvalue weighted by atomic mass is 10.1. The summed E-state index contributed by atoms with van der Waals surface area (Å²) < 4.78 is 0. The van der Waals surface area contributed by atoms with Gasteiger partial charge in [-0.25, -0.2) is 0 Å². The van der Waals surface area contributed by atoms with Gasteiger partial charge in [-0.15, -0.1) is 0 Å². The molecule has 0 heterocycles. The van der Waals surface area contributed by atoms with E-state index in [2.05, 4.69) is 10.6 Å². The largest absolute Gasteiger partial charge is 0.387 e. The molecule has 4 unspecified atom stereocenters. The van der Waals surface area contributed by atoms with Crippen molar-refractivity contribution in [3.63, 3.8) is 0 Å². The number of aliphatic hydroxyl groups excluding tert-OH is 2. The molecule has 0 radical (unpaired) electrons. The van der Waals surface area contributed by atoms with Crippen molar-refractivity contribution in [3.05, 3.63) is 0 Å². The zero-order valence-corrected chi connectivity index (χ0v) is 11.9. The molecule has 6 nitrogen and oxygen atoms in total. The van der Waals surface area contributed by atoms with E-state index in [0.717, 1.165) is 0 Å². The Hall–Kier alpha value is -0.240. The van der Waals surface area contributed by atoms with Crippen LogP contribution >= 0.6 is 0 Å². The highest BCUT2D eigenvalue weighted by Crippen LogP contribution is 2.01. The minimum atomic E-state index is -1.10. The van der Waals surface area contributed by atoms with Gasteiger partial charge in [0.1, 0.15) is 12.2 Å². The summed E-state index contributed by atoms with van der Waals surface area (Å²) in [6, 6.07) is 0. The third kappa shape index (κ3) is 7.25. The van der Waals surface area contributed by atoms with Crippen LogP contribution in [0.2, 0.25) is 0 Å². The predicted octanol–water partition coefficient (Wildman–Crippen LogP) is -1.23. The highest BCUT2D eigenvalue weighted by molar-refractivity contribution is 4.83. The predicted molar refractivity (Wildman–Crippen MR) is 73.6 cm³/mol. The van der Waals surface area contributed by atoms with Gasteiger partial charge in [-0.1, -0.05) is 27.7 Å². The van der Waals surface area contributed by atoms with Crippen LogP contribution in [0.1, 0.15) is 27.7 Å². The minimum Gasteiger partial charge on any atom is -0.387 e. The summed E-state index contributed by atoms with van der Waals surface area (Å²) in [5.74, 6) is 0.848. The molecule has 110 valence electrons. The third-order valence-corrected chi connectivity index (χ3v) is 2.61. The van der Waals surface area contributed by atoms with Gasteiger partial charge in [0.05, 0.1) is 12.3 Å². The summed E-state index contributed by atoms with van der Waals surface area (Å²) in [5, 5.41) is 25.7. The molecule has 0 saturated heterocycles. The van der Waals surface area contributed by atoms with Gasteiger partial charge in [0, 0.05) is 0 Å². The van der Waals surface area contributed by atoms with E-state index in [1.807, 2.05) is 27.7 Å². The molecule has 0 fully saturated rings. The Morgan fingerprint density at radius 3 is 1.28 bits per heavy atom. The molecule has 0 aromatic heterocycles. The Kier molecular flexibility index (Phi) is 8.67. The lowest BCUT2D eigenvalue weighted by Crippen LogP contribution is -2.60. The van der Waals surface area contributed by atoms with E-state index >= 15 is 0 Å². The first-order valence-corrected chi connectivity index (χ1v) is 6.59. The lowest BCUT2D eigenvalue weighted by Gasteiger charge is -2.29. The molecule has 0 aliphatic carbocycles. The summed E-state index contributed by atoms with van der Waals surface area (Å²) in [6.45, 7) is 9.52. The number of aliphatic hydroxyl groups is 2. The van der Waals surface area contributed by atoms with E-state index in [1.165, 1.54) is 0 Å². The molecule has 6 heteroatoms. The average Bonchev–Trinajstić information content (AvgIpc) is 2.30. The van der Waals surface area contributed by atoms with Crippen LogP contribution in [-0.4, -0.2) is 47.8 Å². The van der Waals surface area contributed by atoms with Gasteiger partial charge in [0.2, 0.25) is 0 Å². The number of nitrogens with one attached hydrogen (secondary N) is 2. The molecule has 0 saturated carbocycles. The van der Waals surface area contributed by atoms with Crippen molar-refractivity contribution in [2.24, 2.45) is 23.3 Å². The maximum atomic E-state index is 9.88. The molecule has 0 aromatic rings. The SMILES string of the molecule is CC(C)CNC(N)C(O)C(O)C(N)NCC(C)C. The van der Waals surface area contributed by atoms with Crippen molar-refractivity contribution in [2.45, 2.75) is 52.2 Å². The van der Waals surface area contributed by atoms with Crippen LogP contribution in [0.3, 0.4) is 0 Å². The first kappa shape index (κ1) is 17.8. The van der Waals surface area contributed by atoms with E-state index in [1.54, 1.807) is 0 Å². The summed E-state index contributed by atoms with van der Waals surface area (Å²) in [7, 11) is 0. The fraction of sp³-hybridized carbons (Fsp3) is 1.00. The van der Waals surface area contributed by atoms with Gasteiger partial charge < -0.3 is 21.7 Å². The molecule has 0 aliphatic rings. The molecular formula is C12H30N4O2. The molecular weight excluding hydrogens is 232 g/mol. The van der Waals surface area contributed by atoms with Crippen molar-refractivity contribution >= 4 is 0 Å². The van der Waals surface area contributed by atoms with Crippen molar-refractivity contribution < 1.29 is 10.2 Å². The fourth-order valence-corrected chi connectivity index (χ4v) is 1.41. The Morgan fingerprint density at radius 1 is 0.778 bits per heavy atom. The van der Waals surface area contributed by atoms with Crippen LogP contribution in [0.4, 0.5) is 0 Å². The summed E-state index contributed by atoms with van der Waals surface area (Å²) in [5.41, 5.74) is 11.5. The van der Waals surface area contributed by atoms with Gasteiger partial charge in [-0.05, 0) is 24.9 Å². The van der Waals surface area contributed by atoms with Crippen molar-refractivity contribution in [2.75, 3.05) is 13.1 Å². The quantitative estimate of drug-likeness (QED) is 0.290. The molecule has 0 amide bonds. The van der Waals surface area contributed by atoms with E-state index in [-0.39, 0.29) is 0 Å². The van der Waals surface area contributed by atoms with E-state index in [0.29, 0.717) is 24.9 Å². The molecule has 0 spiro atoms. The molecule has 18 heavy (non-hydrogen) atoms. The first-order valence-electron chi connectivity index (χ1n) is 6.59. The molecule has 0 rings (SSSR count). The van der Waals surface area contributed by atoms with Gasteiger partial charge in [-0.3, -0.25) is 10.6 Å². The first-order chi connectivity index (χ1) is 8.25. The highest BCUT2D eigenvalue weighted by Gasteiger charge is 2.28. The Labute approximate surface area is 110 Å². The second kappa shape index (κ2) is 8.79. The van der Waals surface area contributed by atoms with E-state index in [4.69, 9.17) is 11.5 Å². The second-order valence-electron chi connectivity index (χ2n) is 5.64. The van der Waals surface area contributed by atoms with Crippen LogP contribution in [0.5, 0.6) is 0 Å². The molecule has 0 bridgehead atoms. The summed E-state index contributed by atoms with van der Waals surface area (Å²) in [6.07, 6.45) is -3.57. The topological polar surface area (TPSA) is 117 Å². The molecule has 8 N–H and O–H groups in total. The van der Waals surface area contributed by atoms with Gasteiger partial charge in [-0.2, -0.15) is 0 Å². The van der Waals surface area contributed by atoms with E-state index < -0.39 is 24.5 Å². The van der Waals surface area contributed by atoms with Crippen molar-refractivity contribution in [1.82, 2.24) is 10.6 Å². The smallest absolute Gasteiger partial charge is 0.111 e. The van der Waals surface area contributed by atoms with Crippen LogP contribution in [-0.2, 0) is 0 Å². The van der Waals surface area contributed by atoms with Crippen molar-refractivity contribution in [1.29, 1.82) is 0 Å². The van der Waals surface area contributed by atoms with Gasteiger partial charge in [0.15, 0.2) is 0 Å². The zero-order chi connectivity index (χ0) is 14.3. The van der Waals surface area contributed by atoms with Gasteiger partial charge >= 0.3 is 0 Å². The normalized spacial score (nSPS) is 19.0. The molecule has 4 atom stereocenters. The molecule has 0 aromatic carbocycles. The Balaban J connectivity index is 4.09. The van der Waals surface area contributed by atoms with Crippen LogP contribution in [0.25, 0.3) is 0 Å². The Bertz CT molecular complexity index is 192. The third-order valence-electron chi connectivity index (χ3n) is 2.61. The highest BCUT2D eigenvalue weighted by atomic mass is 16.3. The fourth-order valence-electron chi connectivity index (χ4n) is 1.41. The van der Waals surface area contributed by atoms with Crippen LogP contribution in [0, 0.1) is 11.8 Å². The average molecular weight is 262 g/mol. The maximum absolute atomic E-state index is 9.88. The second-order valence-corrected chi connectivity index (χ2v) is 5.64. The number of hydrogen-bond acceptors (Lipinski definition) is 6. The van der Waals surface area contributed by atoms with Gasteiger partial charge in [0.25, 0.3) is 0 Å². The van der Waals surface area contributed by atoms with Crippen LogP contribution < -0.4 is 22.1 Å². The lowest BCUT2D eigenvalue weighted by molar-refractivity contribution is -0.0227. The summed E-state index contributed by atoms with van der Waals surface area (Å²) in [4.78, 5) is 0. The van der Waals surface area contributed by atoms with E-state index in [9.17, 15) is 10.2 Å².